The number of para-hydroxylation sites is 1. The van der Waals surface area contributed by atoms with Crippen LogP contribution in [0.1, 0.15) is 27.6 Å². The number of nitrogens with zero attached hydrogens (tertiary/aromatic N) is 1. The van der Waals surface area contributed by atoms with E-state index >= 15 is 0 Å². The Bertz CT molecular complexity index is 911. The first-order valence-corrected chi connectivity index (χ1v) is 8.40. The van der Waals surface area contributed by atoms with Crippen molar-refractivity contribution in [1.82, 2.24) is 10.5 Å². The van der Waals surface area contributed by atoms with E-state index < -0.39 is 0 Å². The molecule has 25 heavy (non-hydrogen) atoms. The van der Waals surface area contributed by atoms with Crippen LogP contribution in [-0.2, 0) is 11.2 Å². The number of rotatable bonds is 4. The lowest BCUT2D eigenvalue weighted by molar-refractivity contribution is 0.0925. The molecular weight excluding hydrogens is 320 g/mol. The molecule has 1 N–H and O–H groups in total. The highest BCUT2D eigenvalue weighted by molar-refractivity contribution is 6.05. The first-order chi connectivity index (χ1) is 12.1. The maximum Gasteiger partial charge on any atom is 0.255 e. The average molecular weight is 340 g/mol. The molecule has 6 heteroatoms. The summed E-state index contributed by atoms with van der Waals surface area (Å²) in [4.78, 5) is 12.8. The molecule has 1 amide bonds. The minimum Gasteiger partial charge on any atom is -0.461 e. The third-order valence-electron chi connectivity index (χ3n) is 4.57. The van der Waals surface area contributed by atoms with E-state index in [1.54, 1.807) is 6.07 Å². The Morgan fingerprint density at radius 1 is 1.28 bits per heavy atom. The number of benzene rings is 1. The van der Waals surface area contributed by atoms with E-state index in [0.29, 0.717) is 30.8 Å². The number of aromatic nitrogens is 1. The maximum absolute atomic E-state index is 12.8. The number of aryl methyl sites for hydroxylation is 2. The van der Waals surface area contributed by atoms with Crippen LogP contribution in [0, 0.1) is 19.8 Å². The Morgan fingerprint density at radius 2 is 2.16 bits per heavy atom. The van der Waals surface area contributed by atoms with Crippen molar-refractivity contribution in [3.05, 3.63) is 53.1 Å². The fraction of sp³-hybridized carbons (Fsp3) is 0.368. The molecule has 2 unspecified atom stereocenters. The van der Waals surface area contributed by atoms with Crippen molar-refractivity contribution in [2.24, 2.45) is 5.92 Å². The number of ether oxygens (including phenoxy) is 1. The predicted molar refractivity (Wildman–Crippen MR) is 91.5 cm³/mol. The van der Waals surface area contributed by atoms with Crippen molar-refractivity contribution >= 4 is 16.9 Å². The third kappa shape index (κ3) is 3.17. The van der Waals surface area contributed by atoms with Crippen LogP contribution in [0.2, 0.25) is 0 Å². The number of hydrogen-bond acceptors (Lipinski definition) is 5. The van der Waals surface area contributed by atoms with Crippen molar-refractivity contribution in [2.75, 3.05) is 13.2 Å². The lowest BCUT2D eigenvalue weighted by Gasteiger charge is -2.18. The molecule has 1 fully saturated rings. The van der Waals surface area contributed by atoms with E-state index in [0.717, 1.165) is 22.6 Å². The van der Waals surface area contributed by atoms with E-state index in [1.165, 1.54) is 0 Å². The van der Waals surface area contributed by atoms with Crippen LogP contribution in [-0.4, -0.2) is 30.3 Å². The summed E-state index contributed by atoms with van der Waals surface area (Å²) in [6.07, 6.45) is 0.690. The summed E-state index contributed by atoms with van der Waals surface area (Å²) in [5.74, 6) is 1.62. The molecule has 0 spiro atoms. The summed E-state index contributed by atoms with van der Waals surface area (Å²) < 4.78 is 16.6. The molecule has 3 aromatic rings. The standard InChI is InChI=1S/C19H20N2O4/c1-11-6-15(25-21-11)8-14-9-23-10-17(14)20-19(22)16-5-3-4-13-7-12(2)24-18(13)16/h3-7,14,17H,8-10H2,1-2H3,(H,20,22). The van der Waals surface area contributed by atoms with Crippen molar-refractivity contribution in [2.45, 2.75) is 26.3 Å². The smallest absolute Gasteiger partial charge is 0.255 e. The van der Waals surface area contributed by atoms with Crippen LogP contribution < -0.4 is 5.32 Å². The van der Waals surface area contributed by atoms with Gasteiger partial charge in [-0.15, -0.1) is 0 Å². The van der Waals surface area contributed by atoms with Crippen LogP contribution in [0.4, 0.5) is 0 Å². The monoisotopic (exact) mass is 340 g/mol. The molecular formula is C19H20N2O4. The number of fused-ring (bicyclic) bond motifs is 1. The Labute approximate surface area is 145 Å². The van der Waals surface area contributed by atoms with Gasteiger partial charge in [0.15, 0.2) is 0 Å². The highest BCUT2D eigenvalue weighted by Crippen LogP contribution is 2.24. The second kappa shape index (κ2) is 6.37. The minimum absolute atomic E-state index is 0.0655. The zero-order valence-corrected chi connectivity index (χ0v) is 14.2. The van der Waals surface area contributed by atoms with Crippen LogP contribution in [0.25, 0.3) is 11.0 Å². The largest absolute Gasteiger partial charge is 0.461 e. The average Bonchev–Trinajstić information content (AvgIpc) is 3.27. The molecule has 2 atom stereocenters. The molecule has 6 nitrogen and oxygen atoms in total. The summed E-state index contributed by atoms with van der Waals surface area (Å²) in [6.45, 7) is 4.86. The molecule has 1 aliphatic rings. The van der Waals surface area contributed by atoms with Gasteiger partial charge in [-0.2, -0.15) is 0 Å². The highest BCUT2D eigenvalue weighted by Gasteiger charge is 2.31. The lowest BCUT2D eigenvalue weighted by Crippen LogP contribution is -2.40. The Balaban J connectivity index is 1.51. The second-order valence-corrected chi connectivity index (χ2v) is 6.60. The first kappa shape index (κ1) is 15.9. The highest BCUT2D eigenvalue weighted by atomic mass is 16.5. The van der Waals surface area contributed by atoms with Crippen LogP contribution in [0.3, 0.4) is 0 Å². The quantitative estimate of drug-likeness (QED) is 0.790. The van der Waals surface area contributed by atoms with Crippen molar-refractivity contribution < 1.29 is 18.5 Å². The van der Waals surface area contributed by atoms with Gasteiger partial charge in [0.1, 0.15) is 17.1 Å². The number of furan rings is 1. The van der Waals surface area contributed by atoms with Gasteiger partial charge in [-0.3, -0.25) is 4.79 Å². The minimum atomic E-state index is -0.144. The second-order valence-electron chi connectivity index (χ2n) is 6.60. The van der Waals surface area contributed by atoms with Gasteiger partial charge in [-0.1, -0.05) is 17.3 Å². The molecule has 1 aromatic carbocycles. The molecule has 0 saturated carbocycles. The van der Waals surface area contributed by atoms with Crippen LogP contribution in [0.15, 0.2) is 39.3 Å². The number of nitrogens with one attached hydrogen (secondary N) is 1. The number of amides is 1. The van der Waals surface area contributed by atoms with E-state index in [4.69, 9.17) is 13.7 Å². The van der Waals surface area contributed by atoms with Crippen LogP contribution in [0.5, 0.6) is 0 Å². The van der Waals surface area contributed by atoms with E-state index in [1.807, 2.05) is 38.1 Å². The lowest BCUT2D eigenvalue weighted by atomic mass is 9.97. The maximum atomic E-state index is 12.8. The summed E-state index contributed by atoms with van der Waals surface area (Å²) in [5, 5.41) is 7.93. The molecule has 3 heterocycles. The van der Waals surface area contributed by atoms with E-state index in [9.17, 15) is 4.79 Å². The Hall–Kier alpha value is -2.60. The molecule has 0 bridgehead atoms. The SMILES string of the molecule is Cc1cc(CC2COCC2NC(=O)c2cccc3cc(C)oc23)on1. The van der Waals surface area contributed by atoms with Crippen molar-refractivity contribution in [3.63, 3.8) is 0 Å². The molecule has 130 valence electrons. The van der Waals surface area contributed by atoms with Crippen molar-refractivity contribution in [1.29, 1.82) is 0 Å². The topological polar surface area (TPSA) is 77.5 Å². The van der Waals surface area contributed by atoms with Gasteiger partial charge in [-0.05, 0) is 26.0 Å². The van der Waals surface area contributed by atoms with Gasteiger partial charge in [0, 0.05) is 23.8 Å². The zero-order valence-electron chi connectivity index (χ0n) is 14.2. The van der Waals surface area contributed by atoms with Gasteiger partial charge in [-0.25, -0.2) is 0 Å². The van der Waals surface area contributed by atoms with Gasteiger partial charge in [0.25, 0.3) is 5.91 Å². The molecule has 0 radical (unpaired) electrons. The van der Waals surface area contributed by atoms with Gasteiger partial charge in [0.05, 0.1) is 30.5 Å². The third-order valence-corrected chi connectivity index (χ3v) is 4.57. The molecule has 0 aliphatic carbocycles. The predicted octanol–water partition coefficient (Wildman–Crippen LogP) is 3.03. The Kier molecular flexibility index (Phi) is 4.05. The van der Waals surface area contributed by atoms with Gasteiger partial charge >= 0.3 is 0 Å². The molecule has 1 aliphatic heterocycles. The fourth-order valence-corrected chi connectivity index (χ4v) is 3.35. The van der Waals surface area contributed by atoms with Gasteiger partial charge in [0.2, 0.25) is 0 Å². The summed E-state index contributed by atoms with van der Waals surface area (Å²) in [6, 6.07) is 9.38. The number of carbonyl (C=O) groups is 1. The Morgan fingerprint density at radius 3 is 2.96 bits per heavy atom. The number of carbonyl (C=O) groups excluding carboxylic acids is 1. The summed E-state index contributed by atoms with van der Waals surface area (Å²) >= 11 is 0. The normalized spacial score (nSPS) is 20.2. The summed E-state index contributed by atoms with van der Waals surface area (Å²) in [7, 11) is 0. The molecule has 2 aromatic heterocycles. The molecule has 1 saturated heterocycles. The van der Waals surface area contributed by atoms with Crippen molar-refractivity contribution in [3.8, 4) is 0 Å². The van der Waals surface area contributed by atoms with E-state index in [2.05, 4.69) is 10.5 Å². The number of hydrogen-bond donors (Lipinski definition) is 1. The fourth-order valence-electron chi connectivity index (χ4n) is 3.35. The first-order valence-electron chi connectivity index (χ1n) is 8.40. The zero-order chi connectivity index (χ0) is 17.4. The van der Waals surface area contributed by atoms with E-state index in [-0.39, 0.29) is 17.9 Å². The van der Waals surface area contributed by atoms with Gasteiger partial charge < -0.3 is 19.0 Å². The summed E-state index contributed by atoms with van der Waals surface area (Å²) in [5.41, 5.74) is 2.03. The van der Waals surface area contributed by atoms with Crippen LogP contribution >= 0.6 is 0 Å². The molecule has 4 rings (SSSR count).